The zero-order valence-electron chi connectivity index (χ0n) is 39.5. The van der Waals surface area contributed by atoms with E-state index in [-0.39, 0.29) is 56.8 Å². The number of ether oxygens (including phenoxy) is 10. The lowest BCUT2D eigenvalue weighted by Gasteiger charge is -2.35. The van der Waals surface area contributed by atoms with Gasteiger partial charge in [-0.05, 0) is 38.7 Å². The molecule has 0 saturated carbocycles. The van der Waals surface area contributed by atoms with Crippen molar-refractivity contribution < 1.29 is 71.3 Å². The fraction of sp³-hybridized carbons (Fsp3) is 0.756. The van der Waals surface area contributed by atoms with Crippen LogP contribution in [0.1, 0.15) is 104 Å². The minimum atomic E-state index is -1.83. The van der Waals surface area contributed by atoms with Crippen LogP contribution in [-0.2, 0) is 71.3 Å². The summed E-state index contributed by atoms with van der Waals surface area (Å²) in [5.41, 5.74) is 9.72. The van der Waals surface area contributed by atoms with Crippen LogP contribution in [0.3, 0.4) is 0 Å². The van der Waals surface area contributed by atoms with Crippen LogP contribution >= 0.6 is 0 Å². The molecule has 7 N–H and O–H groups in total. The number of amides is 3. The molecule has 3 aliphatic heterocycles. The number of aromatic nitrogens is 2. The Balaban J connectivity index is 1.48. The summed E-state index contributed by atoms with van der Waals surface area (Å²) in [4.78, 5) is 93.7. The summed E-state index contributed by atoms with van der Waals surface area (Å²) >= 11 is 0. The van der Waals surface area contributed by atoms with E-state index >= 15 is 0 Å². The zero-order valence-corrected chi connectivity index (χ0v) is 39.5. The SMILES string of the molecule is CCCCCCCCCC(=O)O[C@@H]1[C@H](OC)[C@@H]([C@@H](O[C@H]2OC(C(=O)N[C@H]3CCC[C@@H](C)NC3=O)=CC[C@@H]2OC(=O)CCOCCOCCOCCOCCN)C(N)=O)O[C@H]1n1ccc(=O)[nH]c1=O. The molecule has 9 atom stereocenters. The Bertz CT molecular complexity index is 1880. The number of nitrogens with two attached hydrogens (primary N) is 2. The van der Waals surface area contributed by atoms with E-state index in [1.807, 2.05) is 6.92 Å². The number of nitrogens with one attached hydrogen (secondary N) is 3. The largest absolute Gasteiger partial charge is 0.455 e. The van der Waals surface area contributed by atoms with Gasteiger partial charge in [0.2, 0.25) is 18.1 Å². The molecule has 23 nitrogen and oxygen atoms in total. The lowest BCUT2D eigenvalue weighted by atomic mass is 10.0. The highest BCUT2D eigenvalue weighted by molar-refractivity contribution is 5.95. The average molecular weight is 969 g/mol. The molecule has 4 rings (SSSR count). The Morgan fingerprint density at radius 1 is 0.853 bits per heavy atom. The highest BCUT2D eigenvalue weighted by Crippen LogP contribution is 2.37. The van der Waals surface area contributed by atoms with Crippen LogP contribution in [0.5, 0.6) is 0 Å². The summed E-state index contributed by atoms with van der Waals surface area (Å²) in [5.74, 6) is -3.93. The quantitative estimate of drug-likeness (QED) is 0.0485. The van der Waals surface area contributed by atoms with Crippen LogP contribution in [0.2, 0.25) is 0 Å². The second-order valence-corrected chi connectivity index (χ2v) is 16.7. The van der Waals surface area contributed by atoms with Gasteiger partial charge >= 0.3 is 17.6 Å². The fourth-order valence-corrected chi connectivity index (χ4v) is 7.76. The highest BCUT2D eigenvalue weighted by Gasteiger charge is 2.54. The molecule has 1 aromatic rings. The molecule has 0 unspecified atom stereocenters. The number of aromatic amines is 1. The third kappa shape index (κ3) is 18.6. The number of nitrogens with zero attached hydrogens (tertiary/aromatic N) is 1. The molecule has 68 heavy (non-hydrogen) atoms. The Morgan fingerprint density at radius 2 is 1.50 bits per heavy atom. The lowest BCUT2D eigenvalue weighted by Crippen LogP contribution is -2.53. The predicted octanol–water partition coefficient (Wildman–Crippen LogP) is 0.503. The molecule has 3 aliphatic rings. The van der Waals surface area contributed by atoms with E-state index in [0.29, 0.717) is 58.8 Å². The van der Waals surface area contributed by atoms with Crippen molar-refractivity contribution in [1.82, 2.24) is 20.2 Å². The second-order valence-electron chi connectivity index (χ2n) is 16.7. The van der Waals surface area contributed by atoms with Crippen LogP contribution in [0, 0.1) is 0 Å². The molecule has 4 heterocycles. The van der Waals surface area contributed by atoms with Gasteiger partial charge in [-0.15, -0.1) is 0 Å². The Kier molecular flexibility index (Phi) is 25.2. The smallest absolute Gasteiger partial charge is 0.330 e. The van der Waals surface area contributed by atoms with Gasteiger partial charge in [0.05, 0.1) is 59.3 Å². The molecule has 3 amide bonds. The van der Waals surface area contributed by atoms with Gasteiger partial charge in [-0.3, -0.25) is 38.3 Å². The normalized spacial score (nSPS) is 24.2. The lowest BCUT2D eigenvalue weighted by molar-refractivity contribution is -0.235. The Labute approximate surface area is 395 Å². The summed E-state index contributed by atoms with van der Waals surface area (Å²) < 4.78 is 58.5. The van der Waals surface area contributed by atoms with E-state index in [1.54, 1.807) is 0 Å². The van der Waals surface area contributed by atoms with Crippen molar-refractivity contribution in [2.75, 3.05) is 66.5 Å². The molecule has 0 spiro atoms. The van der Waals surface area contributed by atoms with Crippen molar-refractivity contribution in [1.29, 1.82) is 0 Å². The van der Waals surface area contributed by atoms with E-state index in [0.717, 1.165) is 61.8 Å². The number of primary amides is 1. The van der Waals surface area contributed by atoms with Crippen molar-refractivity contribution in [3.63, 3.8) is 0 Å². The summed E-state index contributed by atoms with van der Waals surface area (Å²) in [5, 5.41) is 5.53. The maximum atomic E-state index is 13.6. The van der Waals surface area contributed by atoms with Gasteiger partial charge in [-0.25, -0.2) is 4.79 Å². The molecular formula is C45H72N6O17. The average Bonchev–Trinajstić information content (AvgIpc) is 3.56. The number of methoxy groups -OCH3 is 1. The second kappa shape index (κ2) is 30.7. The van der Waals surface area contributed by atoms with Crippen molar-refractivity contribution in [2.45, 2.75) is 152 Å². The van der Waals surface area contributed by atoms with Crippen molar-refractivity contribution in [2.24, 2.45) is 11.5 Å². The van der Waals surface area contributed by atoms with Gasteiger partial charge in [0, 0.05) is 44.8 Å². The van der Waals surface area contributed by atoms with E-state index < -0.39 is 84.1 Å². The highest BCUT2D eigenvalue weighted by atomic mass is 16.7. The first-order valence-corrected chi connectivity index (χ1v) is 23.7. The third-order valence-corrected chi connectivity index (χ3v) is 11.3. The monoisotopic (exact) mass is 968 g/mol. The number of H-pyrrole nitrogens is 1. The summed E-state index contributed by atoms with van der Waals surface area (Å²) in [7, 11) is 1.26. The third-order valence-electron chi connectivity index (χ3n) is 11.3. The van der Waals surface area contributed by atoms with Crippen LogP contribution in [0.25, 0.3) is 0 Å². The Morgan fingerprint density at radius 3 is 2.15 bits per heavy atom. The number of unbranched alkanes of at least 4 members (excludes halogenated alkanes) is 6. The zero-order chi connectivity index (χ0) is 49.3. The van der Waals surface area contributed by atoms with Crippen LogP contribution < -0.4 is 33.3 Å². The summed E-state index contributed by atoms with van der Waals surface area (Å²) in [6.07, 6.45) is 0.116. The summed E-state index contributed by atoms with van der Waals surface area (Å²) in [6.45, 7) is 6.79. The van der Waals surface area contributed by atoms with Crippen LogP contribution in [0.4, 0.5) is 0 Å². The number of carbonyl (C=O) groups is 5. The van der Waals surface area contributed by atoms with Crippen molar-refractivity contribution in [3.8, 4) is 0 Å². The number of hydrogen-bond acceptors (Lipinski definition) is 18. The molecule has 0 bridgehead atoms. The predicted molar refractivity (Wildman–Crippen MR) is 240 cm³/mol. The van der Waals surface area contributed by atoms with Gasteiger partial charge in [0.15, 0.2) is 30.3 Å². The van der Waals surface area contributed by atoms with Gasteiger partial charge in [-0.1, -0.05) is 45.4 Å². The number of rotatable bonds is 32. The van der Waals surface area contributed by atoms with E-state index in [9.17, 15) is 33.6 Å². The van der Waals surface area contributed by atoms with Gasteiger partial charge in [0.25, 0.3) is 11.5 Å². The Hall–Kier alpha value is -4.75. The number of carbonyl (C=O) groups excluding carboxylic acids is 5. The summed E-state index contributed by atoms with van der Waals surface area (Å²) in [6, 6.07) is 0.107. The maximum absolute atomic E-state index is 13.6. The van der Waals surface area contributed by atoms with E-state index in [1.165, 1.54) is 13.2 Å². The van der Waals surface area contributed by atoms with Crippen LogP contribution in [0.15, 0.2) is 33.7 Å². The van der Waals surface area contributed by atoms with Crippen molar-refractivity contribution in [3.05, 3.63) is 44.9 Å². The molecule has 384 valence electrons. The molecule has 0 radical (unpaired) electrons. The topological polar surface area (TPSA) is 309 Å². The number of hydrogen-bond donors (Lipinski definition) is 5. The fourth-order valence-electron chi connectivity index (χ4n) is 7.76. The van der Waals surface area contributed by atoms with E-state index in [2.05, 4.69) is 22.5 Å². The molecule has 2 fully saturated rings. The first kappa shape index (κ1) is 55.8. The van der Waals surface area contributed by atoms with Gasteiger partial charge in [0.1, 0.15) is 18.2 Å². The minimum absolute atomic E-state index is 0.0390. The van der Waals surface area contributed by atoms with Crippen LogP contribution in [-0.4, -0.2) is 155 Å². The standard InChI is InChI=1S/C45H72N6O17/c1-4-5-6-7-8-9-10-14-34(53)66-39-36(59-3)37(67-43(39)51-20-17-33(52)50-45(51)58)38(40(47)55)68-44-32(16-15-31(65-44)42(57)49-30-13-11-12-29(2)48-41(30)56)64-35(54)18-21-60-23-25-62-27-28-63-26-24-61-22-19-46/h15,17,20,29-30,32,36-39,43-44H,4-14,16,18-19,21-28,46H2,1-3H3,(H2,47,55)(H,48,56)(H,49,57)(H,50,52,58)/t29-,30+,32+,36-,37+,38-,39-,43-,44-/m1/s1. The molecule has 0 aliphatic carbocycles. The number of esters is 2. The molecule has 23 heteroatoms. The maximum Gasteiger partial charge on any atom is 0.330 e. The van der Waals surface area contributed by atoms with Gasteiger partial charge < -0.3 is 69.5 Å². The first-order valence-electron chi connectivity index (χ1n) is 23.7. The van der Waals surface area contributed by atoms with Gasteiger partial charge in [-0.2, -0.15) is 0 Å². The molecular weight excluding hydrogens is 897 g/mol. The molecule has 2 saturated heterocycles. The molecule has 1 aromatic heterocycles. The van der Waals surface area contributed by atoms with Crippen molar-refractivity contribution >= 4 is 29.7 Å². The minimum Gasteiger partial charge on any atom is -0.455 e. The molecule has 0 aromatic carbocycles. The van der Waals surface area contributed by atoms with E-state index in [4.69, 9.17) is 58.8 Å². The first-order chi connectivity index (χ1) is 32.9.